The summed E-state index contributed by atoms with van der Waals surface area (Å²) in [5.41, 5.74) is 1.16. The van der Waals surface area contributed by atoms with Crippen LogP contribution in [0.1, 0.15) is 12.5 Å². The van der Waals surface area contributed by atoms with Gasteiger partial charge in [-0.15, -0.1) is 0 Å². The molecule has 0 heterocycles. The van der Waals surface area contributed by atoms with Crippen LogP contribution in [0.4, 0.5) is 0 Å². The van der Waals surface area contributed by atoms with Gasteiger partial charge in [-0.05, 0) is 25.1 Å². The highest BCUT2D eigenvalue weighted by Gasteiger charge is 2.09. The molecule has 0 unspecified atom stereocenters. The predicted molar refractivity (Wildman–Crippen MR) is 77.4 cm³/mol. The van der Waals surface area contributed by atoms with Crippen molar-refractivity contribution in [1.29, 1.82) is 0 Å². The topological polar surface area (TPSA) is 89.4 Å². The monoisotopic (exact) mass is 296 g/mol. The van der Waals surface area contributed by atoms with Crippen molar-refractivity contribution in [1.82, 2.24) is 5.32 Å². The zero-order chi connectivity index (χ0) is 15.7. The van der Waals surface area contributed by atoms with E-state index in [9.17, 15) is 4.79 Å². The maximum Gasteiger partial charge on any atom is 0.258 e. The molecule has 1 amide bonds. The number of rotatable bonds is 8. The average Bonchev–Trinajstić information content (AvgIpc) is 2.52. The van der Waals surface area contributed by atoms with E-state index >= 15 is 0 Å². The van der Waals surface area contributed by atoms with E-state index in [1.54, 1.807) is 32.2 Å². The minimum absolute atomic E-state index is 0.119. The normalized spacial score (nSPS) is 11.1. The Balaban J connectivity index is 2.65. The fraction of sp³-hybridized carbons (Fsp3) is 0.429. The number of amides is 1. The van der Waals surface area contributed by atoms with Gasteiger partial charge in [-0.2, -0.15) is 0 Å². The summed E-state index contributed by atoms with van der Waals surface area (Å²) in [6, 6.07) is 5.05. The van der Waals surface area contributed by atoms with Crippen molar-refractivity contribution in [3.05, 3.63) is 23.8 Å². The van der Waals surface area contributed by atoms with Gasteiger partial charge in [0.05, 0.1) is 19.4 Å². The molecule has 0 atom stereocenters. The molecule has 2 N–H and O–H groups in total. The number of nitrogens with one attached hydrogen (secondary N) is 1. The van der Waals surface area contributed by atoms with Crippen LogP contribution in [-0.4, -0.2) is 50.8 Å². The second kappa shape index (κ2) is 8.80. The quantitative estimate of drug-likeness (QED) is 0.324. The fourth-order valence-corrected chi connectivity index (χ4v) is 1.56. The first-order valence-corrected chi connectivity index (χ1v) is 6.37. The van der Waals surface area contributed by atoms with Crippen molar-refractivity contribution in [2.24, 2.45) is 5.16 Å². The Hall–Kier alpha value is -2.28. The van der Waals surface area contributed by atoms with Crippen molar-refractivity contribution in [3.63, 3.8) is 0 Å². The highest BCUT2D eigenvalue weighted by molar-refractivity contribution is 5.98. The molecule has 21 heavy (non-hydrogen) atoms. The summed E-state index contributed by atoms with van der Waals surface area (Å²) in [6.07, 6.45) is 0. The van der Waals surface area contributed by atoms with Gasteiger partial charge in [0.1, 0.15) is 0 Å². The van der Waals surface area contributed by atoms with Crippen LogP contribution in [0.25, 0.3) is 0 Å². The van der Waals surface area contributed by atoms with E-state index in [4.69, 9.17) is 19.4 Å². The van der Waals surface area contributed by atoms with Crippen LogP contribution in [-0.2, 0) is 9.53 Å². The Morgan fingerprint density at radius 1 is 1.33 bits per heavy atom. The van der Waals surface area contributed by atoms with Gasteiger partial charge in [0.2, 0.25) is 0 Å². The lowest BCUT2D eigenvalue weighted by atomic mass is 10.1. The molecule has 0 spiro atoms. The van der Waals surface area contributed by atoms with Crippen LogP contribution < -0.4 is 14.8 Å². The lowest BCUT2D eigenvalue weighted by molar-refractivity contribution is -0.123. The smallest absolute Gasteiger partial charge is 0.258 e. The Bertz CT molecular complexity index is 502. The van der Waals surface area contributed by atoms with E-state index in [0.29, 0.717) is 35.9 Å². The molecule has 1 aromatic rings. The maximum atomic E-state index is 11.5. The molecule has 7 heteroatoms. The second-order valence-electron chi connectivity index (χ2n) is 4.18. The Labute approximate surface area is 123 Å². The fourth-order valence-electron chi connectivity index (χ4n) is 1.56. The number of hydrogen-bond acceptors (Lipinski definition) is 6. The minimum Gasteiger partial charge on any atom is -0.493 e. The molecule has 0 saturated heterocycles. The first-order chi connectivity index (χ1) is 10.1. The van der Waals surface area contributed by atoms with Crippen molar-refractivity contribution >= 4 is 11.6 Å². The van der Waals surface area contributed by atoms with Gasteiger partial charge in [0, 0.05) is 19.2 Å². The molecule has 0 bridgehead atoms. The largest absolute Gasteiger partial charge is 0.493 e. The zero-order valence-corrected chi connectivity index (χ0v) is 12.4. The van der Waals surface area contributed by atoms with Gasteiger partial charge < -0.3 is 24.7 Å². The Morgan fingerprint density at radius 3 is 2.71 bits per heavy atom. The number of ether oxygens (including phenoxy) is 3. The number of nitrogens with zero attached hydrogens (tertiary/aromatic N) is 1. The van der Waals surface area contributed by atoms with Crippen molar-refractivity contribution in [2.45, 2.75) is 6.92 Å². The minimum atomic E-state index is -0.244. The van der Waals surface area contributed by atoms with Crippen LogP contribution in [0.15, 0.2) is 23.4 Å². The third-order valence-electron chi connectivity index (χ3n) is 2.72. The van der Waals surface area contributed by atoms with Gasteiger partial charge in [-0.25, -0.2) is 0 Å². The molecule has 1 aromatic carbocycles. The third-order valence-corrected chi connectivity index (χ3v) is 2.72. The van der Waals surface area contributed by atoms with E-state index < -0.39 is 0 Å². The highest BCUT2D eigenvalue weighted by Crippen LogP contribution is 2.28. The van der Waals surface area contributed by atoms with E-state index in [0.717, 1.165) is 0 Å². The van der Waals surface area contributed by atoms with E-state index in [1.807, 2.05) is 0 Å². The van der Waals surface area contributed by atoms with Crippen molar-refractivity contribution in [2.75, 3.05) is 34.0 Å². The van der Waals surface area contributed by atoms with Gasteiger partial charge in [-0.3, -0.25) is 4.79 Å². The Morgan fingerprint density at radius 2 is 2.10 bits per heavy atom. The lowest BCUT2D eigenvalue weighted by Crippen LogP contribution is -2.31. The number of carbonyl (C=O) groups excluding carboxylic acids is 1. The van der Waals surface area contributed by atoms with Gasteiger partial charge in [0.25, 0.3) is 5.91 Å². The number of benzene rings is 1. The molecule has 7 nitrogen and oxygen atoms in total. The zero-order valence-electron chi connectivity index (χ0n) is 12.4. The molecule has 0 radical (unpaired) electrons. The second-order valence-corrected chi connectivity index (χ2v) is 4.18. The van der Waals surface area contributed by atoms with Crippen molar-refractivity contribution < 1.29 is 24.2 Å². The molecule has 0 aliphatic carbocycles. The maximum absolute atomic E-state index is 11.5. The SMILES string of the molecule is COCCNC(=O)COc1ccc(C(C)=NO)cc1OC. The molecular weight excluding hydrogens is 276 g/mol. The molecular formula is C14H20N2O5. The molecule has 0 aliphatic heterocycles. The summed E-state index contributed by atoms with van der Waals surface area (Å²) < 4.78 is 15.4. The summed E-state index contributed by atoms with van der Waals surface area (Å²) in [6.45, 7) is 2.43. The van der Waals surface area contributed by atoms with Crippen LogP contribution in [0.2, 0.25) is 0 Å². The predicted octanol–water partition coefficient (Wildman–Crippen LogP) is 1.03. The molecule has 0 fully saturated rings. The number of methoxy groups -OCH3 is 2. The summed E-state index contributed by atoms with van der Waals surface area (Å²) in [4.78, 5) is 11.5. The van der Waals surface area contributed by atoms with Crippen molar-refractivity contribution in [3.8, 4) is 11.5 Å². The summed E-state index contributed by atoms with van der Waals surface area (Å²) in [5, 5.41) is 14.5. The van der Waals surface area contributed by atoms with E-state index in [-0.39, 0.29) is 12.5 Å². The van der Waals surface area contributed by atoms with E-state index in [2.05, 4.69) is 10.5 Å². The number of carbonyl (C=O) groups is 1. The lowest BCUT2D eigenvalue weighted by Gasteiger charge is -2.12. The summed E-state index contributed by atoms with van der Waals surface area (Å²) >= 11 is 0. The van der Waals surface area contributed by atoms with Crippen LogP contribution in [0.5, 0.6) is 11.5 Å². The van der Waals surface area contributed by atoms with Gasteiger partial charge in [0.15, 0.2) is 18.1 Å². The molecule has 0 aliphatic rings. The van der Waals surface area contributed by atoms with E-state index in [1.165, 1.54) is 7.11 Å². The van der Waals surface area contributed by atoms with Gasteiger partial charge in [-0.1, -0.05) is 5.16 Å². The molecule has 116 valence electrons. The summed E-state index contributed by atoms with van der Waals surface area (Å²) in [5.74, 6) is 0.653. The van der Waals surface area contributed by atoms with Crippen LogP contribution in [0.3, 0.4) is 0 Å². The Kier molecular flexibility index (Phi) is 7.03. The number of oxime groups is 1. The molecule has 0 aromatic heterocycles. The molecule has 0 saturated carbocycles. The molecule has 1 rings (SSSR count). The number of hydrogen-bond donors (Lipinski definition) is 2. The standard InChI is InChI=1S/C14H20N2O5/c1-10(16-18)11-4-5-12(13(8-11)20-3)21-9-14(17)15-6-7-19-2/h4-5,8,18H,6-7,9H2,1-3H3,(H,15,17). The third kappa shape index (κ3) is 5.31. The van der Waals surface area contributed by atoms with Crippen LogP contribution in [0, 0.1) is 0 Å². The van der Waals surface area contributed by atoms with Crippen LogP contribution >= 0.6 is 0 Å². The average molecular weight is 296 g/mol. The van der Waals surface area contributed by atoms with Gasteiger partial charge >= 0.3 is 0 Å². The highest BCUT2D eigenvalue weighted by atomic mass is 16.5. The first kappa shape index (κ1) is 16.8. The summed E-state index contributed by atoms with van der Waals surface area (Å²) in [7, 11) is 3.06. The first-order valence-electron chi connectivity index (χ1n) is 6.37.